The highest BCUT2D eigenvalue weighted by Gasteiger charge is 2.31. The molecule has 1 fully saturated rings. The lowest BCUT2D eigenvalue weighted by Crippen LogP contribution is -2.33. The first-order valence-electron chi connectivity index (χ1n) is 9.48. The van der Waals surface area contributed by atoms with Crippen LogP contribution in [0.4, 0.5) is 13.2 Å². The minimum Gasteiger partial charge on any atom is -0.359 e. The number of rotatable bonds is 5. The van der Waals surface area contributed by atoms with Gasteiger partial charge in [-0.1, -0.05) is 11.2 Å². The van der Waals surface area contributed by atoms with Gasteiger partial charge < -0.3 is 9.84 Å². The maximum absolute atomic E-state index is 13.1. The number of amides is 1. The number of halogens is 4. The van der Waals surface area contributed by atoms with Gasteiger partial charge in [0, 0.05) is 26.9 Å². The van der Waals surface area contributed by atoms with Crippen molar-refractivity contribution in [2.75, 3.05) is 0 Å². The van der Waals surface area contributed by atoms with Gasteiger partial charge in [0.25, 0.3) is 11.5 Å². The van der Waals surface area contributed by atoms with Gasteiger partial charge in [-0.3, -0.25) is 14.2 Å². The number of hydrogen-bond donors (Lipinski definition) is 1. The molecule has 6 nitrogen and oxygen atoms in total. The Balaban J connectivity index is 1.64. The summed E-state index contributed by atoms with van der Waals surface area (Å²) in [6, 6.07) is 7.64. The van der Waals surface area contributed by atoms with Crippen LogP contribution in [-0.2, 0) is 12.7 Å². The molecule has 10 heteroatoms. The highest BCUT2D eigenvalue weighted by Crippen LogP contribution is 2.39. The Labute approximate surface area is 188 Å². The van der Waals surface area contributed by atoms with Gasteiger partial charge in [-0.2, -0.15) is 13.2 Å². The van der Waals surface area contributed by atoms with Gasteiger partial charge in [0.2, 0.25) is 0 Å². The Morgan fingerprint density at radius 3 is 2.71 bits per heavy atom. The zero-order chi connectivity index (χ0) is 22.3. The van der Waals surface area contributed by atoms with Gasteiger partial charge >= 0.3 is 6.18 Å². The molecule has 1 aliphatic carbocycles. The second-order valence-electron chi connectivity index (χ2n) is 7.36. The van der Waals surface area contributed by atoms with Crippen LogP contribution in [0.15, 0.2) is 45.7 Å². The third kappa shape index (κ3) is 4.53. The normalized spacial score (nSPS) is 14.0. The Kier molecular flexibility index (Phi) is 5.67. The summed E-state index contributed by atoms with van der Waals surface area (Å²) in [4.78, 5) is 25.7. The van der Waals surface area contributed by atoms with Crippen molar-refractivity contribution in [3.8, 4) is 5.69 Å². The summed E-state index contributed by atoms with van der Waals surface area (Å²) in [6.45, 7) is 1.66. The van der Waals surface area contributed by atoms with E-state index in [1.165, 1.54) is 18.2 Å². The summed E-state index contributed by atoms with van der Waals surface area (Å²) in [5, 5.41) is 6.59. The molecule has 4 rings (SSSR count). The summed E-state index contributed by atoms with van der Waals surface area (Å²) < 4.78 is 46.3. The van der Waals surface area contributed by atoms with E-state index in [-0.39, 0.29) is 17.8 Å². The second kappa shape index (κ2) is 8.13. The Morgan fingerprint density at radius 1 is 1.29 bits per heavy atom. The van der Waals surface area contributed by atoms with Gasteiger partial charge in [0.1, 0.15) is 5.56 Å². The molecule has 3 aromatic rings. The lowest BCUT2D eigenvalue weighted by Gasteiger charge is -2.15. The van der Waals surface area contributed by atoms with Crippen molar-refractivity contribution in [3.63, 3.8) is 0 Å². The largest absolute Gasteiger partial charge is 0.416 e. The zero-order valence-electron chi connectivity index (χ0n) is 16.3. The molecule has 0 atom stereocenters. The minimum absolute atomic E-state index is 0.0363. The van der Waals surface area contributed by atoms with Crippen molar-refractivity contribution in [1.29, 1.82) is 0 Å². The van der Waals surface area contributed by atoms with Gasteiger partial charge in [-0.25, -0.2) is 0 Å². The average molecular weight is 543 g/mol. The number of alkyl halides is 3. The van der Waals surface area contributed by atoms with Gasteiger partial charge in [0.05, 0.1) is 17.8 Å². The number of carbonyl (C=O) groups is 1. The molecule has 1 aliphatic rings. The summed E-state index contributed by atoms with van der Waals surface area (Å²) in [7, 11) is 0. The topological polar surface area (TPSA) is 77.1 Å². The molecular weight excluding hydrogens is 526 g/mol. The fourth-order valence-electron chi connectivity index (χ4n) is 3.21. The van der Waals surface area contributed by atoms with Crippen molar-refractivity contribution in [2.45, 2.75) is 38.4 Å². The molecule has 0 spiro atoms. The molecule has 1 saturated carbocycles. The minimum atomic E-state index is -4.55. The van der Waals surface area contributed by atoms with E-state index >= 15 is 0 Å². The molecule has 2 heterocycles. The summed E-state index contributed by atoms with van der Waals surface area (Å²) in [6.07, 6.45) is -2.42. The van der Waals surface area contributed by atoms with E-state index in [1.807, 2.05) is 22.6 Å². The molecular formula is C21H17F3IN3O3. The molecule has 2 aromatic heterocycles. The third-order valence-electron chi connectivity index (χ3n) is 5.06. The Hall–Kier alpha value is -2.63. The fraction of sp³-hybridized carbons (Fsp3) is 0.286. The van der Waals surface area contributed by atoms with E-state index in [0.717, 1.165) is 35.2 Å². The summed E-state index contributed by atoms with van der Waals surface area (Å²) in [5.74, 6) is 0.231. The number of hydrogen-bond acceptors (Lipinski definition) is 4. The van der Waals surface area contributed by atoms with E-state index < -0.39 is 23.2 Å². The van der Waals surface area contributed by atoms with Crippen molar-refractivity contribution in [2.24, 2.45) is 0 Å². The summed E-state index contributed by atoms with van der Waals surface area (Å²) >= 11 is 1.94. The quantitative estimate of drug-likeness (QED) is 0.479. The van der Waals surface area contributed by atoms with E-state index in [2.05, 4.69) is 10.5 Å². The van der Waals surface area contributed by atoms with Crippen LogP contribution in [-0.4, -0.2) is 15.6 Å². The van der Waals surface area contributed by atoms with Gasteiger partial charge in [-0.05, 0) is 66.6 Å². The standard InChI is InChI=1S/C21H17F3IN3O3/c1-11-17(25)9-16(19(29)26-10-15-8-18(27-31-15)12-5-6-12)20(30)28(11)14-4-2-3-13(7-14)21(22,23)24/h2-4,7-9,12H,5-6,10H2,1H3,(H,26,29). The predicted octanol–water partition coefficient (Wildman–Crippen LogP) is 4.56. The zero-order valence-corrected chi connectivity index (χ0v) is 18.5. The van der Waals surface area contributed by atoms with Crippen LogP contribution in [0.25, 0.3) is 5.69 Å². The summed E-state index contributed by atoms with van der Waals surface area (Å²) in [5.41, 5.74) is -0.431. The molecule has 0 unspecified atom stereocenters. The number of nitrogens with one attached hydrogen (secondary N) is 1. The molecule has 0 aliphatic heterocycles. The van der Waals surface area contributed by atoms with Gasteiger partial charge in [-0.15, -0.1) is 0 Å². The number of carbonyl (C=O) groups excluding carboxylic acids is 1. The Bertz CT molecular complexity index is 1210. The number of nitrogens with zero attached hydrogens (tertiary/aromatic N) is 2. The molecule has 1 aromatic carbocycles. The van der Waals surface area contributed by atoms with Crippen LogP contribution in [0.2, 0.25) is 0 Å². The number of benzene rings is 1. The highest BCUT2D eigenvalue weighted by molar-refractivity contribution is 14.1. The fourth-order valence-corrected chi connectivity index (χ4v) is 3.77. The van der Waals surface area contributed by atoms with Crippen molar-refractivity contribution < 1.29 is 22.5 Å². The maximum Gasteiger partial charge on any atom is 0.416 e. The molecule has 1 N–H and O–H groups in total. The molecule has 31 heavy (non-hydrogen) atoms. The second-order valence-corrected chi connectivity index (χ2v) is 8.52. The van der Waals surface area contributed by atoms with Crippen LogP contribution in [0.3, 0.4) is 0 Å². The predicted molar refractivity (Wildman–Crippen MR) is 114 cm³/mol. The smallest absolute Gasteiger partial charge is 0.359 e. The van der Waals surface area contributed by atoms with E-state index in [4.69, 9.17) is 4.52 Å². The monoisotopic (exact) mass is 543 g/mol. The molecule has 0 radical (unpaired) electrons. The van der Waals surface area contributed by atoms with Crippen LogP contribution < -0.4 is 10.9 Å². The maximum atomic E-state index is 13.1. The third-order valence-corrected chi connectivity index (χ3v) is 6.15. The molecule has 1 amide bonds. The molecule has 162 valence electrons. The van der Waals surface area contributed by atoms with Crippen molar-refractivity contribution in [3.05, 3.63) is 78.6 Å². The van der Waals surface area contributed by atoms with Crippen LogP contribution in [0.1, 0.15) is 51.8 Å². The van der Waals surface area contributed by atoms with E-state index in [1.54, 1.807) is 13.0 Å². The number of aromatic nitrogens is 2. The lowest BCUT2D eigenvalue weighted by atomic mass is 10.1. The van der Waals surface area contributed by atoms with E-state index in [0.29, 0.717) is 20.9 Å². The van der Waals surface area contributed by atoms with Crippen LogP contribution >= 0.6 is 22.6 Å². The average Bonchev–Trinajstić information content (AvgIpc) is 3.47. The highest BCUT2D eigenvalue weighted by atomic mass is 127. The van der Waals surface area contributed by atoms with Crippen LogP contribution in [0, 0.1) is 10.5 Å². The number of pyridine rings is 1. The first-order chi connectivity index (χ1) is 14.6. The van der Waals surface area contributed by atoms with Crippen LogP contribution in [0.5, 0.6) is 0 Å². The lowest BCUT2D eigenvalue weighted by molar-refractivity contribution is -0.137. The first-order valence-corrected chi connectivity index (χ1v) is 10.6. The SMILES string of the molecule is Cc1c(I)cc(C(=O)NCc2cc(C3CC3)no2)c(=O)n1-c1cccc(C(F)(F)F)c1. The first kappa shape index (κ1) is 21.6. The van der Waals surface area contributed by atoms with E-state index in [9.17, 15) is 22.8 Å². The Morgan fingerprint density at radius 2 is 2.03 bits per heavy atom. The van der Waals surface area contributed by atoms with Crippen molar-refractivity contribution in [1.82, 2.24) is 15.0 Å². The van der Waals surface area contributed by atoms with Crippen molar-refractivity contribution >= 4 is 28.5 Å². The molecule has 0 saturated heterocycles. The molecule has 0 bridgehead atoms. The van der Waals surface area contributed by atoms with Gasteiger partial charge in [0.15, 0.2) is 5.76 Å².